The smallest absolute Gasteiger partial charge is 0.404 e. The van der Waals surface area contributed by atoms with Gasteiger partial charge in [-0.3, -0.25) is 4.98 Å². The number of hydrogen-bond acceptors (Lipinski definition) is 8. The molecule has 2 aromatic rings. The Morgan fingerprint density at radius 3 is 2.46 bits per heavy atom. The fraction of sp³-hybridized carbons (Fsp3) is 0.517. The molecule has 1 aliphatic carbocycles. The third kappa shape index (κ3) is 6.89. The molecule has 1 aromatic heterocycles. The van der Waals surface area contributed by atoms with E-state index in [4.69, 9.17) is 26.8 Å². The number of thioether (sulfide) groups is 1. The molecule has 8 nitrogen and oxygen atoms in total. The number of halogens is 8. The average Bonchev–Trinajstić information content (AvgIpc) is 3.37. The summed E-state index contributed by atoms with van der Waals surface area (Å²) in [5.41, 5.74) is -0.143. The summed E-state index contributed by atoms with van der Waals surface area (Å²) in [6.07, 6.45) is -9.58. The lowest BCUT2D eigenvalue weighted by atomic mass is 9.79. The topological polar surface area (TPSA) is 132 Å². The van der Waals surface area contributed by atoms with Crippen molar-refractivity contribution in [3.63, 3.8) is 0 Å². The molecule has 3 aliphatic rings. The van der Waals surface area contributed by atoms with Gasteiger partial charge in [-0.25, -0.2) is 22.6 Å². The average molecular weight is 701 g/mol. The number of benzene rings is 1. The highest BCUT2D eigenvalue weighted by Gasteiger charge is 2.58. The lowest BCUT2D eigenvalue weighted by Gasteiger charge is -2.44. The van der Waals surface area contributed by atoms with Gasteiger partial charge >= 0.3 is 6.18 Å². The first-order chi connectivity index (χ1) is 21.6. The molecule has 0 amide bonds. The molecule has 3 heterocycles. The minimum absolute atomic E-state index is 0.0790. The van der Waals surface area contributed by atoms with E-state index in [0.29, 0.717) is 11.8 Å². The molecule has 7 atom stereocenters. The van der Waals surface area contributed by atoms with Gasteiger partial charge in [0, 0.05) is 30.8 Å². The predicted octanol–water partition coefficient (Wildman–Crippen LogP) is 3.11. The Labute approximate surface area is 267 Å². The van der Waals surface area contributed by atoms with Crippen molar-refractivity contribution in [1.82, 2.24) is 4.98 Å². The van der Waals surface area contributed by atoms with Gasteiger partial charge in [0.2, 0.25) is 12.0 Å². The van der Waals surface area contributed by atoms with Crippen LogP contribution in [0.15, 0.2) is 36.7 Å². The zero-order valence-corrected chi connectivity index (χ0v) is 25.3. The summed E-state index contributed by atoms with van der Waals surface area (Å²) in [6.45, 7) is -0.241. The number of nitrogens with one attached hydrogen (secondary N) is 1. The summed E-state index contributed by atoms with van der Waals surface area (Å²) < 4.78 is 111. The van der Waals surface area contributed by atoms with Gasteiger partial charge in [-0.1, -0.05) is 11.6 Å². The van der Waals surface area contributed by atoms with Gasteiger partial charge in [0.15, 0.2) is 30.1 Å². The molecule has 5 rings (SSSR count). The molecule has 3 fully saturated rings. The molecule has 2 saturated heterocycles. The van der Waals surface area contributed by atoms with Crippen LogP contribution in [0.25, 0.3) is 5.57 Å². The molecule has 6 N–H and O–H groups in total. The van der Waals surface area contributed by atoms with Gasteiger partial charge < -0.3 is 30.5 Å². The minimum Gasteiger partial charge on any atom is -0.404 e. The highest BCUT2D eigenvalue weighted by molar-refractivity contribution is 8.00. The van der Waals surface area contributed by atoms with E-state index in [1.54, 1.807) is 0 Å². The van der Waals surface area contributed by atoms with E-state index in [9.17, 15) is 46.1 Å². The number of alkyl halides is 5. The van der Waals surface area contributed by atoms with E-state index >= 15 is 0 Å². The minimum atomic E-state index is -4.93. The summed E-state index contributed by atoms with van der Waals surface area (Å²) >= 11 is 6.19. The second-order valence-electron chi connectivity index (χ2n) is 11.4. The quantitative estimate of drug-likeness (QED) is 0.169. The van der Waals surface area contributed by atoms with Crippen molar-refractivity contribution in [3.8, 4) is 0 Å². The fourth-order valence-corrected chi connectivity index (χ4v) is 7.65. The molecule has 0 spiro atoms. The van der Waals surface area contributed by atoms with Crippen molar-refractivity contribution < 1.29 is 60.5 Å². The highest BCUT2D eigenvalue weighted by atomic mass is 35.5. The molecule has 252 valence electrons. The van der Waals surface area contributed by atoms with Gasteiger partial charge in [0.1, 0.15) is 17.6 Å². The first kappa shape index (κ1) is 34.9. The van der Waals surface area contributed by atoms with E-state index in [1.807, 2.05) is 0 Å². The van der Waals surface area contributed by atoms with Crippen LogP contribution in [0.2, 0.25) is 5.02 Å². The first-order valence-electron chi connectivity index (χ1n) is 14.1. The van der Waals surface area contributed by atoms with E-state index in [1.165, 1.54) is 6.07 Å². The van der Waals surface area contributed by atoms with E-state index in [-0.39, 0.29) is 17.7 Å². The largest absolute Gasteiger partial charge is 0.418 e. The van der Waals surface area contributed by atoms with Gasteiger partial charge in [0.05, 0.1) is 39.3 Å². The summed E-state index contributed by atoms with van der Waals surface area (Å²) in [6, 6.07) is 2.88. The zero-order valence-electron chi connectivity index (χ0n) is 23.7. The van der Waals surface area contributed by atoms with Crippen LogP contribution in [-0.2, 0) is 15.7 Å². The Morgan fingerprint density at radius 1 is 1.11 bits per heavy atom. The highest BCUT2D eigenvalue weighted by Crippen LogP contribution is 2.53. The van der Waals surface area contributed by atoms with Crippen molar-refractivity contribution in [1.29, 1.82) is 0 Å². The Bertz CT molecular complexity index is 1490. The molecule has 0 bridgehead atoms. The maximum Gasteiger partial charge on any atom is 0.418 e. The molecule has 46 heavy (non-hydrogen) atoms. The van der Waals surface area contributed by atoms with Crippen molar-refractivity contribution in [2.24, 2.45) is 5.73 Å². The SMILES string of the molecule is N/C=C(\C=[NH+]C1C(O)[C@H](S[C@H](c2ncccc2C(F)(F)F)C2(O)CCC(F)(F)CC2)OC2C(O)CO[C@H]12)c1ccc(Cl)c(F)c1F. The van der Waals surface area contributed by atoms with E-state index in [2.05, 4.69) is 9.98 Å². The van der Waals surface area contributed by atoms with Gasteiger partial charge in [-0.2, -0.15) is 13.2 Å². The van der Waals surface area contributed by atoms with E-state index < -0.39 is 112 Å². The lowest BCUT2D eigenvalue weighted by molar-refractivity contribution is -0.535. The third-order valence-corrected chi connectivity index (χ3v) is 10.3. The molecule has 1 saturated carbocycles. The lowest BCUT2D eigenvalue weighted by Crippen LogP contribution is -2.87. The number of rotatable bonds is 7. The van der Waals surface area contributed by atoms with Gasteiger partial charge in [-0.05, 0) is 37.1 Å². The molecule has 0 radical (unpaired) electrons. The predicted molar refractivity (Wildman–Crippen MR) is 153 cm³/mol. The summed E-state index contributed by atoms with van der Waals surface area (Å²) in [7, 11) is 0. The van der Waals surface area contributed by atoms with Crippen LogP contribution >= 0.6 is 23.4 Å². The van der Waals surface area contributed by atoms with Crippen LogP contribution < -0.4 is 10.7 Å². The third-order valence-electron chi connectivity index (χ3n) is 8.41. The second kappa shape index (κ2) is 13.2. The standard InChI is InChI=1S/C29H29ClF7N3O5S/c30-16-4-3-14(18(31)19(16)32)13(10-38)11-40-21-22(42)26(45-23-17(41)12-44-24(21)23)46-25(27(43)5-7-28(33,34)8-6-27)20-15(29(35,36)37)2-1-9-39-20/h1-4,9-11,17,21-26,41-43H,5-8,12,38H2/p+1/b13-10+,40-11?/t17?,21?,22?,23?,24-,25-,26+/m1/s1. The molecule has 2 aliphatic heterocycles. The number of aliphatic hydroxyl groups excluding tert-OH is 2. The second-order valence-corrected chi connectivity index (χ2v) is 13.0. The van der Waals surface area contributed by atoms with Crippen molar-refractivity contribution in [2.75, 3.05) is 6.61 Å². The molecular formula is C29H30ClF7N3O5S+. The number of hydrogen-bond donors (Lipinski definition) is 5. The normalized spacial score (nSPS) is 30.4. The maximum atomic E-state index is 14.7. The number of aliphatic hydroxyl groups is 3. The van der Waals surface area contributed by atoms with Crippen molar-refractivity contribution >= 4 is 35.2 Å². The van der Waals surface area contributed by atoms with Crippen LogP contribution in [0.4, 0.5) is 30.7 Å². The molecule has 17 heteroatoms. The first-order valence-corrected chi connectivity index (χ1v) is 15.4. The Balaban J connectivity index is 1.51. The van der Waals surface area contributed by atoms with Crippen molar-refractivity contribution in [3.05, 3.63) is 70.1 Å². The van der Waals surface area contributed by atoms with E-state index in [0.717, 1.165) is 36.8 Å². The molecule has 1 aromatic carbocycles. The van der Waals surface area contributed by atoms with Crippen LogP contribution in [0.3, 0.4) is 0 Å². The monoisotopic (exact) mass is 700 g/mol. The van der Waals surface area contributed by atoms with Crippen LogP contribution in [0.1, 0.15) is 47.8 Å². The number of allylic oxidation sites excluding steroid dienone is 1. The number of aromatic nitrogens is 1. The Kier molecular flexibility index (Phi) is 10.0. The Hall–Kier alpha value is -2.47. The summed E-state index contributed by atoms with van der Waals surface area (Å²) in [5, 5.41) is 31.6. The van der Waals surface area contributed by atoms with Crippen LogP contribution in [0.5, 0.6) is 0 Å². The number of pyridine rings is 1. The van der Waals surface area contributed by atoms with Crippen LogP contribution in [-0.4, -0.2) is 80.5 Å². The van der Waals surface area contributed by atoms with Crippen LogP contribution in [0, 0.1) is 11.6 Å². The zero-order chi connectivity index (χ0) is 33.6. The Morgan fingerprint density at radius 2 is 1.80 bits per heavy atom. The number of ether oxygens (including phenoxy) is 2. The summed E-state index contributed by atoms with van der Waals surface area (Å²) in [5.74, 6) is -5.77. The summed E-state index contributed by atoms with van der Waals surface area (Å²) in [4.78, 5) is 6.72. The number of fused-ring (bicyclic) bond motifs is 1. The number of nitrogens with two attached hydrogens (primary N) is 1. The van der Waals surface area contributed by atoms with Gasteiger partial charge in [-0.15, -0.1) is 11.8 Å². The number of nitrogens with zero attached hydrogens (tertiary/aromatic N) is 1. The maximum absolute atomic E-state index is 14.7. The molecule has 4 unspecified atom stereocenters. The van der Waals surface area contributed by atoms with Gasteiger partial charge in [0.25, 0.3) is 0 Å². The van der Waals surface area contributed by atoms with Crippen molar-refractivity contribution in [2.45, 2.75) is 84.5 Å². The molecular weight excluding hydrogens is 671 g/mol. The fourth-order valence-electron chi connectivity index (χ4n) is 5.91.